The molecule has 0 spiro atoms. The van der Waals surface area contributed by atoms with E-state index in [-0.39, 0.29) is 0 Å². The first kappa shape index (κ1) is 33.3. The molecule has 0 saturated carbocycles. The number of nitrogens with zero attached hydrogens (tertiary/aromatic N) is 4. The summed E-state index contributed by atoms with van der Waals surface area (Å²) < 4.78 is 0. The molecule has 8 rings (SSSR count). The standard InChI is InChI=1S/C42H24N4O8/c47-43(48)33-21-29-30(22-34(33)44(49)50)39(27-17-9-3-10-18-27)42-40(28-19-11-4-12-20-28)32-24-36(46(53)54)35(45(51)52)23-31(32)38(26-15-7-2-8-16-26)41(42)37(29)25-13-5-1-6-14-25/h1-24H. The summed E-state index contributed by atoms with van der Waals surface area (Å²) >= 11 is 0. The predicted molar refractivity (Wildman–Crippen MR) is 207 cm³/mol. The Morgan fingerprint density at radius 1 is 0.296 bits per heavy atom. The van der Waals surface area contributed by atoms with Gasteiger partial charge in [-0.15, -0.1) is 0 Å². The summed E-state index contributed by atoms with van der Waals surface area (Å²) in [7, 11) is 0. The van der Waals surface area contributed by atoms with E-state index in [0.29, 0.717) is 76.8 Å². The van der Waals surface area contributed by atoms with E-state index in [9.17, 15) is 40.5 Å². The van der Waals surface area contributed by atoms with Gasteiger partial charge in [0.2, 0.25) is 0 Å². The van der Waals surface area contributed by atoms with Crippen LogP contribution >= 0.6 is 0 Å². The van der Waals surface area contributed by atoms with Crippen LogP contribution in [-0.4, -0.2) is 19.7 Å². The normalized spacial score (nSPS) is 11.2. The third-order valence-electron chi connectivity index (χ3n) is 9.59. The van der Waals surface area contributed by atoms with Crippen LogP contribution in [0, 0.1) is 40.5 Å². The SMILES string of the molecule is O=[N+]([O-])c1cc2c(-c3ccccc3)c3c(-c4ccccc4)c4cc([N+](=O)[O-])c([N+](=O)[O-])cc4c(-c4ccccc4)c3c(-c3ccccc3)c2cc1[N+](=O)[O-]. The summed E-state index contributed by atoms with van der Waals surface area (Å²) in [5.41, 5.74) is 1.55. The first-order valence-electron chi connectivity index (χ1n) is 16.6. The maximum atomic E-state index is 12.5. The third kappa shape index (κ3) is 5.33. The summed E-state index contributed by atoms with van der Waals surface area (Å²) in [5.74, 6) is 0. The van der Waals surface area contributed by atoms with Crippen molar-refractivity contribution in [3.8, 4) is 44.5 Å². The molecule has 12 nitrogen and oxygen atoms in total. The second-order valence-corrected chi connectivity index (χ2v) is 12.5. The topological polar surface area (TPSA) is 173 Å². The molecule has 0 N–H and O–H groups in total. The molecule has 8 aromatic carbocycles. The van der Waals surface area contributed by atoms with Gasteiger partial charge in [0.05, 0.1) is 19.7 Å². The van der Waals surface area contributed by atoms with Gasteiger partial charge < -0.3 is 0 Å². The maximum Gasteiger partial charge on any atom is 0.346 e. The molecule has 0 radical (unpaired) electrons. The molecule has 0 aliphatic heterocycles. The lowest BCUT2D eigenvalue weighted by Crippen LogP contribution is -2.02. The van der Waals surface area contributed by atoms with E-state index in [1.54, 1.807) is 48.5 Å². The molecule has 0 amide bonds. The van der Waals surface area contributed by atoms with Crippen LogP contribution in [0.4, 0.5) is 22.7 Å². The monoisotopic (exact) mass is 712 g/mol. The second kappa shape index (κ2) is 13.0. The molecule has 0 atom stereocenters. The van der Waals surface area contributed by atoms with Gasteiger partial charge in [0.25, 0.3) is 0 Å². The number of benzene rings is 8. The van der Waals surface area contributed by atoms with Gasteiger partial charge in [-0.25, -0.2) is 0 Å². The van der Waals surface area contributed by atoms with E-state index in [2.05, 4.69) is 0 Å². The zero-order valence-corrected chi connectivity index (χ0v) is 27.9. The van der Waals surface area contributed by atoms with Gasteiger partial charge in [0.1, 0.15) is 0 Å². The van der Waals surface area contributed by atoms with Crippen molar-refractivity contribution in [3.05, 3.63) is 186 Å². The average molecular weight is 713 g/mol. The molecule has 0 unspecified atom stereocenters. The first-order valence-corrected chi connectivity index (χ1v) is 16.6. The van der Waals surface area contributed by atoms with Crippen LogP contribution in [0.2, 0.25) is 0 Å². The number of rotatable bonds is 8. The van der Waals surface area contributed by atoms with Gasteiger partial charge in [-0.3, -0.25) is 40.5 Å². The predicted octanol–water partition coefficient (Wildman–Crippen LogP) is 11.4. The van der Waals surface area contributed by atoms with E-state index in [4.69, 9.17) is 0 Å². The number of fused-ring (bicyclic) bond motifs is 3. The van der Waals surface area contributed by atoms with Gasteiger partial charge in [0.15, 0.2) is 0 Å². The zero-order chi connectivity index (χ0) is 37.7. The van der Waals surface area contributed by atoms with E-state index < -0.39 is 42.4 Å². The van der Waals surface area contributed by atoms with Gasteiger partial charge in [0, 0.05) is 24.3 Å². The highest BCUT2D eigenvalue weighted by Crippen LogP contribution is 2.55. The summed E-state index contributed by atoms with van der Waals surface area (Å²) in [4.78, 5) is 46.9. The Kier molecular flexibility index (Phi) is 8.04. The van der Waals surface area contributed by atoms with Crippen molar-refractivity contribution in [1.29, 1.82) is 0 Å². The minimum absolute atomic E-state index is 0.330. The summed E-state index contributed by atoms with van der Waals surface area (Å²) in [6.45, 7) is 0. The lowest BCUT2D eigenvalue weighted by Gasteiger charge is -2.25. The molecular weight excluding hydrogens is 688 g/mol. The quantitative estimate of drug-likeness (QED) is 0.0849. The highest BCUT2D eigenvalue weighted by atomic mass is 16.6. The van der Waals surface area contributed by atoms with Gasteiger partial charge in [-0.2, -0.15) is 0 Å². The van der Waals surface area contributed by atoms with Crippen molar-refractivity contribution in [2.75, 3.05) is 0 Å². The highest BCUT2D eigenvalue weighted by molar-refractivity contribution is 6.34. The van der Waals surface area contributed by atoms with Crippen LogP contribution in [-0.2, 0) is 0 Å². The van der Waals surface area contributed by atoms with Crippen LogP contribution < -0.4 is 0 Å². The molecule has 0 aliphatic carbocycles. The summed E-state index contributed by atoms with van der Waals surface area (Å²) in [6, 6.07) is 41.1. The van der Waals surface area contributed by atoms with Crippen LogP contribution in [0.5, 0.6) is 0 Å². The maximum absolute atomic E-state index is 12.5. The van der Waals surface area contributed by atoms with Crippen LogP contribution in [0.1, 0.15) is 0 Å². The molecule has 12 heteroatoms. The van der Waals surface area contributed by atoms with Crippen LogP contribution in [0.25, 0.3) is 76.8 Å². The van der Waals surface area contributed by atoms with E-state index in [0.717, 1.165) is 0 Å². The molecule has 0 fully saturated rings. The number of hydrogen-bond acceptors (Lipinski definition) is 8. The Labute approximate surface area is 304 Å². The Balaban J connectivity index is 1.84. The molecule has 0 heterocycles. The van der Waals surface area contributed by atoms with Crippen molar-refractivity contribution in [2.45, 2.75) is 0 Å². The first-order chi connectivity index (χ1) is 26.2. The molecular formula is C42H24N4O8. The van der Waals surface area contributed by atoms with Crippen molar-refractivity contribution < 1.29 is 19.7 Å². The molecule has 0 bridgehead atoms. The van der Waals surface area contributed by atoms with Gasteiger partial charge in [-0.05, 0) is 76.8 Å². The van der Waals surface area contributed by atoms with Gasteiger partial charge in [-0.1, -0.05) is 121 Å². The zero-order valence-electron chi connectivity index (χ0n) is 27.9. The number of nitro benzene ring substituents is 4. The molecule has 0 aliphatic rings. The fourth-order valence-corrected chi connectivity index (χ4v) is 7.47. The number of hydrogen-bond donors (Lipinski definition) is 0. The Morgan fingerprint density at radius 2 is 0.481 bits per heavy atom. The van der Waals surface area contributed by atoms with Crippen molar-refractivity contribution in [2.24, 2.45) is 0 Å². The van der Waals surface area contributed by atoms with E-state index >= 15 is 0 Å². The molecule has 8 aromatic rings. The molecule has 0 aromatic heterocycles. The minimum atomic E-state index is -0.783. The van der Waals surface area contributed by atoms with Gasteiger partial charge >= 0.3 is 22.7 Å². The molecule has 260 valence electrons. The van der Waals surface area contributed by atoms with Crippen LogP contribution in [0.3, 0.4) is 0 Å². The van der Waals surface area contributed by atoms with Crippen LogP contribution in [0.15, 0.2) is 146 Å². The Morgan fingerprint density at radius 3 is 0.648 bits per heavy atom. The minimum Gasteiger partial charge on any atom is -0.258 e. The molecule has 54 heavy (non-hydrogen) atoms. The summed E-state index contributed by atoms with van der Waals surface area (Å²) in [5, 5.41) is 52.4. The largest absolute Gasteiger partial charge is 0.346 e. The average Bonchev–Trinajstić information content (AvgIpc) is 3.19. The van der Waals surface area contributed by atoms with Crippen molar-refractivity contribution in [1.82, 2.24) is 0 Å². The van der Waals surface area contributed by atoms with Crippen molar-refractivity contribution in [3.63, 3.8) is 0 Å². The Hall–Kier alpha value is -7.86. The lowest BCUT2D eigenvalue weighted by molar-refractivity contribution is -0.422. The third-order valence-corrected chi connectivity index (χ3v) is 9.59. The smallest absolute Gasteiger partial charge is 0.258 e. The van der Waals surface area contributed by atoms with Crippen molar-refractivity contribution >= 4 is 55.1 Å². The fraction of sp³-hybridized carbons (Fsp3) is 0. The molecule has 0 saturated heterocycles. The van der Waals surface area contributed by atoms with E-state index in [1.807, 2.05) is 72.8 Å². The number of nitro groups is 4. The Bertz CT molecular complexity index is 2480. The summed E-state index contributed by atoms with van der Waals surface area (Å²) in [6.07, 6.45) is 0. The second-order valence-electron chi connectivity index (χ2n) is 12.5. The van der Waals surface area contributed by atoms with E-state index in [1.165, 1.54) is 24.3 Å². The highest BCUT2D eigenvalue weighted by Gasteiger charge is 2.33. The lowest BCUT2D eigenvalue weighted by atomic mass is 9.77. The fourth-order valence-electron chi connectivity index (χ4n) is 7.47.